The summed E-state index contributed by atoms with van der Waals surface area (Å²) < 4.78 is 27.1. The Morgan fingerprint density at radius 2 is 2.10 bits per heavy atom. The highest BCUT2D eigenvalue weighted by Gasteiger charge is 2.20. The number of aromatic nitrogens is 3. The zero-order chi connectivity index (χ0) is 14.8. The summed E-state index contributed by atoms with van der Waals surface area (Å²) in [7, 11) is -3.96. The quantitative estimate of drug-likeness (QED) is 0.444. The summed E-state index contributed by atoms with van der Waals surface area (Å²) in [5.41, 5.74) is 1.75. The van der Waals surface area contributed by atoms with E-state index in [0.29, 0.717) is 4.47 Å². The van der Waals surface area contributed by atoms with Crippen LogP contribution in [-0.4, -0.2) is 23.6 Å². The average molecular weight is 361 g/mol. The summed E-state index contributed by atoms with van der Waals surface area (Å²) in [5.74, 6) is 5.17. The van der Waals surface area contributed by atoms with Crippen molar-refractivity contribution < 1.29 is 8.42 Å². The second-order valence-electron chi connectivity index (χ2n) is 3.56. The van der Waals surface area contributed by atoms with Crippen molar-refractivity contribution >= 4 is 37.6 Å². The van der Waals surface area contributed by atoms with Crippen LogP contribution in [0, 0.1) is 0 Å². The predicted octanol–water partition coefficient (Wildman–Crippen LogP) is 0.0138. The molecule has 0 radical (unpaired) electrons. The van der Waals surface area contributed by atoms with Crippen LogP contribution in [0.3, 0.4) is 0 Å². The summed E-state index contributed by atoms with van der Waals surface area (Å²) in [6.07, 6.45) is 1.40. The van der Waals surface area contributed by atoms with Gasteiger partial charge in [0.2, 0.25) is 0 Å². The molecule has 0 saturated heterocycles. The van der Waals surface area contributed by atoms with Crippen molar-refractivity contribution in [2.24, 2.45) is 5.84 Å². The van der Waals surface area contributed by atoms with Crippen LogP contribution >= 0.6 is 15.9 Å². The minimum atomic E-state index is -3.96. The van der Waals surface area contributed by atoms with Gasteiger partial charge in [0.1, 0.15) is 4.90 Å². The predicted molar refractivity (Wildman–Crippen MR) is 75.4 cm³/mol. The first-order chi connectivity index (χ1) is 9.42. The van der Waals surface area contributed by atoms with Gasteiger partial charge in [-0.25, -0.2) is 24.3 Å². The Bertz CT molecular complexity index is 770. The number of nitrogens with two attached hydrogens (primary N) is 1. The highest BCUT2D eigenvalue weighted by molar-refractivity contribution is 9.10. The van der Waals surface area contributed by atoms with Gasteiger partial charge in [-0.1, -0.05) is 0 Å². The Morgan fingerprint density at radius 3 is 2.70 bits per heavy atom. The third kappa shape index (κ3) is 3.12. The Morgan fingerprint density at radius 1 is 1.35 bits per heavy atom. The van der Waals surface area contributed by atoms with Gasteiger partial charge in [0.05, 0.1) is 0 Å². The third-order valence-corrected chi connectivity index (χ3v) is 3.97. The van der Waals surface area contributed by atoms with Gasteiger partial charge in [-0.3, -0.25) is 9.52 Å². The molecule has 0 aromatic carbocycles. The first kappa shape index (κ1) is 14.4. The molecule has 0 unspecified atom stereocenters. The zero-order valence-electron chi connectivity index (χ0n) is 9.79. The molecule has 0 aliphatic rings. The molecule has 5 N–H and O–H groups in total. The molecule has 20 heavy (non-hydrogen) atoms. The van der Waals surface area contributed by atoms with Gasteiger partial charge in [-0.2, -0.15) is 5.10 Å². The van der Waals surface area contributed by atoms with E-state index in [0.717, 1.165) is 6.07 Å². The normalized spacial score (nSPS) is 11.1. The van der Waals surface area contributed by atoms with E-state index in [9.17, 15) is 13.2 Å². The first-order valence-electron chi connectivity index (χ1n) is 5.13. The maximum atomic E-state index is 12.2. The van der Waals surface area contributed by atoms with E-state index in [1.54, 1.807) is 0 Å². The smallest absolute Gasteiger partial charge is 0.266 e. The van der Waals surface area contributed by atoms with E-state index in [-0.39, 0.29) is 16.5 Å². The number of sulfonamides is 1. The van der Waals surface area contributed by atoms with Crippen molar-refractivity contribution in [3.63, 3.8) is 0 Å². The number of rotatable bonds is 4. The van der Waals surface area contributed by atoms with Gasteiger partial charge in [-0.15, -0.1) is 0 Å². The van der Waals surface area contributed by atoms with Crippen LogP contribution in [0.1, 0.15) is 0 Å². The molecule has 0 amide bonds. The second-order valence-corrected chi connectivity index (χ2v) is 6.12. The molecular weight excluding hydrogens is 352 g/mol. The minimum absolute atomic E-state index is 0.0230. The van der Waals surface area contributed by atoms with Crippen molar-refractivity contribution in [1.82, 2.24) is 15.2 Å². The van der Waals surface area contributed by atoms with Gasteiger partial charge in [-0.05, 0) is 28.1 Å². The van der Waals surface area contributed by atoms with Crippen molar-refractivity contribution in [2.75, 3.05) is 10.1 Å². The number of aromatic amines is 1. The van der Waals surface area contributed by atoms with Crippen molar-refractivity contribution in [1.29, 1.82) is 0 Å². The lowest BCUT2D eigenvalue weighted by molar-refractivity contribution is 0.600. The molecule has 0 bridgehead atoms. The molecule has 9 nitrogen and oxygen atoms in total. The molecule has 106 valence electrons. The first-order valence-corrected chi connectivity index (χ1v) is 7.41. The average Bonchev–Trinajstić information content (AvgIpc) is 2.41. The van der Waals surface area contributed by atoms with E-state index in [2.05, 4.69) is 41.3 Å². The monoisotopic (exact) mass is 360 g/mol. The maximum absolute atomic E-state index is 12.2. The molecule has 0 atom stereocenters. The summed E-state index contributed by atoms with van der Waals surface area (Å²) in [6, 6.07) is 3.71. The Hall–Kier alpha value is -1.98. The van der Waals surface area contributed by atoms with Crippen LogP contribution in [0.5, 0.6) is 0 Å². The highest BCUT2D eigenvalue weighted by Crippen LogP contribution is 2.23. The molecule has 2 rings (SSSR count). The summed E-state index contributed by atoms with van der Waals surface area (Å²) in [6.45, 7) is 0. The summed E-state index contributed by atoms with van der Waals surface area (Å²) >= 11 is 3.13. The fourth-order valence-electron chi connectivity index (χ4n) is 1.33. The van der Waals surface area contributed by atoms with E-state index in [1.807, 2.05) is 0 Å². The lowest BCUT2D eigenvalue weighted by atomic mass is 10.5. The number of nitrogens with one attached hydrogen (secondary N) is 3. The van der Waals surface area contributed by atoms with Gasteiger partial charge in [0, 0.05) is 16.7 Å². The van der Waals surface area contributed by atoms with E-state index in [4.69, 9.17) is 5.84 Å². The van der Waals surface area contributed by atoms with Gasteiger partial charge >= 0.3 is 0 Å². The number of hydrogen-bond acceptors (Lipinski definition) is 7. The molecule has 0 spiro atoms. The number of H-pyrrole nitrogens is 1. The van der Waals surface area contributed by atoms with Crippen LogP contribution in [0.25, 0.3) is 0 Å². The minimum Gasteiger partial charge on any atom is -0.307 e. The molecule has 0 saturated carbocycles. The summed E-state index contributed by atoms with van der Waals surface area (Å²) in [5, 5.41) is 5.67. The number of halogens is 1. The van der Waals surface area contributed by atoms with E-state index < -0.39 is 15.6 Å². The van der Waals surface area contributed by atoms with Crippen LogP contribution in [0.4, 0.5) is 11.6 Å². The molecule has 11 heteroatoms. The molecule has 2 heterocycles. The SMILES string of the molecule is NNc1ncc(Br)cc1S(=O)(=O)Nc1ccc(=O)[nH]n1. The number of nitrogen functional groups attached to an aromatic ring is 1. The number of hydrogen-bond donors (Lipinski definition) is 4. The van der Waals surface area contributed by atoms with Gasteiger partial charge in [0.25, 0.3) is 15.6 Å². The zero-order valence-corrected chi connectivity index (χ0v) is 12.2. The fraction of sp³-hybridized carbons (Fsp3) is 0. The van der Waals surface area contributed by atoms with Crippen LogP contribution in [-0.2, 0) is 10.0 Å². The Kier molecular flexibility index (Phi) is 4.01. The lowest BCUT2D eigenvalue weighted by Gasteiger charge is -2.10. The second kappa shape index (κ2) is 5.56. The molecule has 0 aliphatic carbocycles. The van der Waals surface area contributed by atoms with Crippen LogP contribution in [0.2, 0.25) is 0 Å². The van der Waals surface area contributed by atoms with Gasteiger partial charge in [0.15, 0.2) is 11.6 Å². The lowest BCUT2D eigenvalue weighted by Crippen LogP contribution is -2.20. The fourth-order valence-corrected chi connectivity index (χ4v) is 2.96. The van der Waals surface area contributed by atoms with Crippen LogP contribution < -0.4 is 21.5 Å². The molecule has 2 aromatic rings. The number of anilines is 2. The number of hydrazine groups is 1. The molecule has 0 aliphatic heterocycles. The number of nitrogens with zero attached hydrogens (tertiary/aromatic N) is 2. The standard InChI is InChI=1S/C9H9BrN6O3S/c10-5-3-6(9(13-11)12-4-5)20(18,19)16-7-1-2-8(17)15-14-7/h1-4H,11H2,(H,12,13)(H,14,16)(H,15,17). The summed E-state index contributed by atoms with van der Waals surface area (Å²) in [4.78, 5) is 14.5. The molecule has 0 fully saturated rings. The largest absolute Gasteiger partial charge is 0.307 e. The van der Waals surface area contributed by atoms with Crippen molar-refractivity contribution in [3.05, 3.63) is 39.2 Å². The Labute approximate surface area is 121 Å². The Balaban J connectivity index is 2.42. The van der Waals surface area contributed by atoms with Crippen LogP contribution in [0.15, 0.2) is 38.6 Å². The third-order valence-electron chi connectivity index (χ3n) is 2.16. The number of pyridine rings is 1. The van der Waals surface area contributed by atoms with Crippen molar-refractivity contribution in [2.45, 2.75) is 4.90 Å². The van der Waals surface area contributed by atoms with E-state index >= 15 is 0 Å². The van der Waals surface area contributed by atoms with E-state index in [1.165, 1.54) is 18.3 Å². The highest BCUT2D eigenvalue weighted by atomic mass is 79.9. The van der Waals surface area contributed by atoms with Crippen molar-refractivity contribution in [3.8, 4) is 0 Å². The molecule has 2 aromatic heterocycles. The van der Waals surface area contributed by atoms with Gasteiger partial charge < -0.3 is 5.43 Å². The molecular formula is C9H9BrN6O3S. The maximum Gasteiger partial charge on any atom is 0.266 e. The topological polar surface area (TPSA) is 143 Å².